The number of amides is 2. The molecule has 0 aliphatic carbocycles. The molecule has 184 valence electrons. The van der Waals surface area contributed by atoms with E-state index in [0.717, 1.165) is 12.8 Å². The summed E-state index contributed by atoms with van der Waals surface area (Å²) in [5.41, 5.74) is -0.389. The number of rotatable bonds is 3. The highest BCUT2D eigenvalue weighted by molar-refractivity contribution is 5.77. The van der Waals surface area contributed by atoms with Crippen molar-refractivity contribution in [1.29, 1.82) is 0 Å². The van der Waals surface area contributed by atoms with Crippen LogP contribution in [0.15, 0.2) is 0 Å². The summed E-state index contributed by atoms with van der Waals surface area (Å²) in [6.07, 6.45) is 3.15. The zero-order chi connectivity index (χ0) is 25.4. The first-order valence-corrected chi connectivity index (χ1v) is 10.5. The minimum Gasteiger partial charge on any atom is -0.444 e. The molecule has 0 aromatic carbocycles. The Bertz CT molecular complexity index is 515. The first-order chi connectivity index (χ1) is 14.2. The molecule has 1 aliphatic rings. The number of hydrogen-bond donors (Lipinski definition) is 2. The summed E-state index contributed by atoms with van der Waals surface area (Å²) in [5.74, 6) is -0.691. The number of nitrogens with one attached hydrogen (secondary N) is 1. The number of aliphatic hydroxyl groups excluding tert-OH is 1. The molecule has 9 heteroatoms. The molecule has 1 aliphatic heterocycles. The summed E-state index contributed by atoms with van der Waals surface area (Å²) in [6, 6.07) is -0.484. The lowest BCUT2D eigenvalue weighted by Gasteiger charge is -2.41. The first-order valence-electron chi connectivity index (χ1n) is 10.5. The molecule has 2 unspecified atom stereocenters. The van der Waals surface area contributed by atoms with Crippen LogP contribution < -0.4 is 5.32 Å². The van der Waals surface area contributed by atoms with Gasteiger partial charge in [0.15, 0.2) is 0 Å². The summed E-state index contributed by atoms with van der Waals surface area (Å²) in [4.78, 5) is 23.4. The Labute approximate surface area is 185 Å². The Morgan fingerprint density at radius 3 is 1.97 bits per heavy atom. The molecule has 2 amide bonds. The van der Waals surface area contributed by atoms with Gasteiger partial charge in [-0.2, -0.15) is 13.2 Å². The van der Waals surface area contributed by atoms with Gasteiger partial charge in [-0.1, -0.05) is 27.2 Å². The predicted molar refractivity (Wildman–Crippen MR) is 117 cm³/mol. The smallest absolute Gasteiger partial charge is 0.407 e. The third kappa shape index (κ3) is 17.4. The van der Waals surface area contributed by atoms with Crippen LogP contribution in [0, 0.1) is 18.8 Å². The number of carbonyl (C=O) groups excluding carboxylic acids is 2. The van der Waals surface area contributed by atoms with Gasteiger partial charge in [0.2, 0.25) is 5.91 Å². The zero-order valence-corrected chi connectivity index (χ0v) is 20.2. The molecule has 1 heterocycles. The van der Waals surface area contributed by atoms with Gasteiger partial charge in [-0.15, -0.1) is 12.8 Å². The highest BCUT2D eigenvalue weighted by Crippen LogP contribution is 2.29. The summed E-state index contributed by atoms with van der Waals surface area (Å²) in [7, 11) is 1.54. The molecule has 0 saturated carbocycles. The maximum absolute atomic E-state index is 12.3. The summed E-state index contributed by atoms with van der Waals surface area (Å²) in [6.45, 7) is 13.3. The van der Waals surface area contributed by atoms with Gasteiger partial charge in [0, 0.05) is 13.6 Å². The molecule has 31 heavy (non-hydrogen) atoms. The first kappa shape index (κ1) is 33.7. The lowest BCUT2D eigenvalue weighted by molar-refractivity contribution is -0.167. The van der Waals surface area contributed by atoms with E-state index in [1.54, 1.807) is 0 Å². The van der Waals surface area contributed by atoms with Crippen LogP contribution in [0.3, 0.4) is 0 Å². The van der Waals surface area contributed by atoms with Crippen LogP contribution in [-0.2, 0) is 9.53 Å². The molecule has 0 bridgehead atoms. The minimum absolute atomic E-state index is 0.234. The Balaban J connectivity index is -0.000000509. The van der Waals surface area contributed by atoms with Crippen LogP contribution in [0.4, 0.5) is 18.0 Å². The molecule has 2 N–H and O–H groups in total. The number of alkyl halides is 3. The van der Waals surface area contributed by atoms with E-state index in [1.165, 1.54) is 18.9 Å². The van der Waals surface area contributed by atoms with E-state index < -0.39 is 30.7 Å². The number of ether oxygens (including phenoxy) is 1. The second kappa shape index (κ2) is 16.7. The van der Waals surface area contributed by atoms with Crippen LogP contribution in [-0.4, -0.2) is 59.5 Å². The van der Waals surface area contributed by atoms with Gasteiger partial charge >= 0.3 is 12.3 Å². The Hall–Kier alpha value is -1.95. The number of piperidine rings is 1. The second-order valence-electron chi connectivity index (χ2n) is 7.75. The fourth-order valence-electron chi connectivity index (χ4n) is 2.79. The van der Waals surface area contributed by atoms with Crippen molar-refractivity contribution in [3.05, 3.63) is 0 Å². The number of terminal acetylenes is 1. The van der Waals surface area contributed by atoms with Crippen molar-refractivity contribution in [1.82, 2.24) is 10.2 Å². The second-order valence-corrected chi connectivity index (χ2v) is 7.75. The molecule has 0 spiro atoms. The standard InChI is InChI=1S/C12H20F3NO2.C6H13NO2.C2H6.C2H2/c1-3-9-4-5-10(8(2)17)16(7-9)11(18)6-12(13,14)15;1-6(2,3)9-5(8)7-4;2*1-2/h8-10,17H,3-7H2,1-2H3;1-4H3,(H,7,8);1-2H3;1-2H/t8-,9?,10?;;;/m0.../s1. The van der Waals surface area contributed by atoms with E-state index >= 15 is 0 Å². The van der Waals surface area contributed by atoms with Crippen molar-refractivity contribution in [3.8, 4) is 12.8 Å². The fraction of sp³-hybridized carbons (Fsp3) is 0.818. The number of hydrogen-bond acceptors (Lipinski definition) is 4. The predicted octanol–water partition coefficient (Wildman–Crippen LogP) is 4.75. The summed E-state index contributed by atoms with van der Waals surface area (Å²) >= 11 is 0. The number of aliphatic hydroxyl groups is 1. The van der Waals surface area contributed by atoms with Crippen molar-refractivity contribution >= 4 is 12.0 Å². The average molecular weight is 455 g/mol. The van der Waals surface area contributed by atoms with Crippen molar-refractivity contribution in [2.45, 2.75) is 98.1 Å². The fourth-order valence-corrected chi connectivity index (χ4v) is 2.79. The molecule has 6 nitrogen and oxygen atoms in total. The monoisotopic (exact) mass is 454 g/mol. The van der Waals surface area contributed by atoms with E-state index in [1.807, 2.05) is 41.5 Å². The average Bonchev–Trinajstić information content (AvgIpc) is 2.68. The van der Waals surface area contributed by atoms with E-state index in [9.17, 15) is 27.9 Å². The molecule has 3 atom stereocenters. The SMILES string of the molecule is C#C.CC.CCC1CCC([C@H](C)O)N(C(=O)CC(F)(F)F)C1.CNC(=O)OC(C)(C)C. The minimum atomic E-state index is -4.49. The van der Waals surface area contributed by atoms with Gasteiger partial charge < -0.3 is 20.1 Å². The highest BCUT2D eigenvalue weighted by atomic mass is 19.4. The Kier molecular flexibility index (Phi) is 18.2. The van der Waals surface area contributed by atoms with Gasteiger partial charge in [-0.25, -0.2) is 4.79 Å². The Morgan fingerprint density at radius 2 is 1.68 bits per heavy atom. The number of likely N-dealkylation sites (tertiary alicyclic amines) is 1. The van der Waals surface area contributed by atoms with Gasteiger partial charge in [0.05, 0.1) is 12.1 Å². The lowest BCUT2D eigenvalue weighted by atomic mass is 9.88. The summed E-state index contributed by atoms with van der Waals surface area (Å²) < 4.78 is 41.6. The quantitative estimate of drug-likeness (QED) is 0.603. The third-order valence-electron chi connectivity index (χ3n) is 4.14. The molecule has 1 rings (SSSR count). The van der Waals surface area contributed by atoms with Crippen molar-refractivity contribution in [2.24, 2.45) is 5.92 Å². The van der Waals surface area contributed by atoms with E-state index in [-0.39, 0.29) is 17.6 Å². The van der Waals surface area contributed by atoms with Gasteiger partial charge in [0.25, 0.3) is 0 Å². The number of halogens is 3. The molecule has 0 aromatic rings. The summed E-state index contributed by atoms with van der Waals surface area (Å²) in [5, 5.41) is 11.9. The number of alkyl carbamates (subject to hydrolysis) is 1. The molecule has 0 aromatic heterocycles. The zero-order valence-electron chi connectivity index (χ0n) is 20.2. The van der Waals surface area contributed by atoms with Gasteiger partial charge in [-0.3, -0.25) is 4.79 Å². The van der Waals surface area contributed by atoms with E-state index in [2.05, 4.69) is 18.2 Å². The van der Waals surface area contributed by atoms with Crippen LogP contribution in [0.1, 0.15) is 74.1 Å². The van der Waals surface area contributed by atoms with E-state index in [0.29, 0.717) is 13.0 Å². The molecular weight excluding hydrogens is 413 g/mol. The largest absolute Gasteiger partial charge is 0.444 e. The number of nitrogens with zero attached hydrogens (tertiary/aromatic N) is 1. The normalized spacial score (nSPS) is 19.1. The van der Waals surface area contributed by atoms with Crippen LogP contribution in [0.2, 0.25) is 0 Å². The molecule has 1 saturated heterocycles. The van der Waals surface area contributed by atoms with Crippen molar-refractivity contribution in [2.75, 3.05) is 13.6 Å². The van der Waals surface area contributed by atoms with Crippen LogP contribution in [0.5, 0.6) is 0 Å². The highest BCUT2D eigenvalue weighted by Gasteiger charge is 2.39. The van der Waals surface area contributed by atoms with Gasteiger partial charge in [-0.05, 0) is 46.5 Å². The van der Waals surface area contributed by atoms with Crippen LogP contribution in [0.25, 0.3) is 0 Å². The number of carbonyl (C=O) groups is 2. The lowest BCUT2D eigenvalue weighted by Crippen LogP contribution is -2.52. The molecular formula is C22H41F3N2O4. The van der Waals surface area contributed by atoms with Gasteiger partial charge in [0.1, 0.15) is 12.0 Å². The van der Waals surface area contributed by atoms with Crippen molar-refractivity contribution < 1.29 is 32.6 Å². The third-order valence-corrected chi connectivity index (χ3v) is 4.14. The van der Waals surface area contributed by atoms with Crippen LogP contribution >= 0.6 is 0 Å². The topological polar surface area (TPSA) is 78.9 Å². The van der Waals surface area contributed by atoms with Crippen molar-refractivity contribution in [3.63, 3.8) is 0 Å². The maximum Gasteiger partial charge on any atom is 0.407 e. The molecule has 1 fully saturated rings. The van der Waals surface area contributed by atoms with E-state index in [4.69, 9.17) is 4.74 Å². The maximum atomic E-state index is 12.3. The Morgan fingerprint density at radius 1 is 1.19 bits per heavy atom. The molecule has 0 radical (unpaired) electrons.